The van der Waals surface area contributed by atoms with Crippen LogP contribution in [0, 0.1) is 6.92 Å². The van der Waals surface area contributed by atoms with E-state index in [9.17, 15) is 4.79 Å². The second-order valence-electron chi connectivity index (χ2n) is 10.7. The smallest absolute Gasteiger partial charge is 1.00 e. The molecule has 0 aliphatic carbocycles. The zero-order valence-electron chi connectivity index (χ0n) is 27.0. The summed E-state index contributed by atoms with van der Waals surface area (Å²) in [5.74, 6) is 0.764. The Morgan fingerprint density at radius 1 is 0.884 bits per heavy atom. The van der Waals surface area contributed by atoms with E-state index in [-0.39, 0.29) is 53.1 Å². The minimum Gasteiger partial charge on any atom is -1.00 e. The fourth-order valence-electron chi connectivity index (χ4n) is 4.92. The van der Waals surface area contributed by atoms with Crippen LogP contribution in [-0.4, -0.2) is 64.7 Å². The van der Waals surface area contributed by atoms with E-state index >= 15 is 0 Å². The Kier molecular flexibility index (Phi) is 11.5. The van der Waals surface area contributed by atoms with Crippen molar-refractivity contribution in [2.45, 2.75) is 52.9 Å². The summed E-state index contributed by atoms with van der Waals surface area (Å²) in [5.41, 5.74) is 8.22. The van der Waals surface area contributed by atoms with Crippen LogP contribution in [0.2, 0.25) is 0 Å². The average Bonchev–Trinajstić information content (AvgIpc) is 3.41. The van der Waals surface area contributed by atoms with Crippen LogP contribution in [0.3, 0.4) is 0 Å². The van der Waals surface area contributed by atoms with Crippen molar-refractivity contribution in [1.29, 1.82) is 0 Å². The molecule has 0 spiro atoms. The molecule has 0 radical (unpaired) electrons. The van der Waals surface area contributed by atoms with Gasteiger partial charge in [0.15, 0.2) is 0 Å². The molecule has 43 heavy (non-hydrogen) atoms. The maximum Gasteiger partial charge on any atom is 2.00 e. The van der Waals surface area contributed by atoms with Gasteiger partial charge in [-0.1, -0.05) is 78.9 Å². The molecule has 0 atom stereocenters. The summed E-state index contributed by atoms with van der Waals surface area (Å²) in [5, 5.41) is 14.0. The van der Waals surface area contributed by atoms with Gasteiger partial charge in [-0.3, -0.25) is 9.48 Å². The molecule has 0 aliphatic heterocycles. The number of aryl methyl sites for hydroxylation is 2. The van der Waals surface area contributed by atoms with Gasteiger partial charge < -0.3 is 17.4 Å². The van der Waals surface area contributed by atoms with Crippen molar-refractivity contribution in [3.8, 4) is 34.0 Å². The second-order valence-corrected chi connectivity index (χ2v) is 10.7. The average molecular weight is 603 g/mol. The zero-order valence-corrected chi connectivity index (χ0v) is 27.2. The number of carboxylic acids is 1. The van der Waals surface area contributed by atoms with E-state index < -0.39 is 5.97 Å². The minimum absolute atomic E-state index is 0. The predicted octanol–water partition coefficient (Wildman–Crippen LogP) is 7.80. The molecule has 0 fully saturated rings. The van der Waals surface area contributed by atoms with Gasteiger partial charge in [-0.2, -0.15) is 5.10 Å². The summed E-state index contributed by atoms with van der Waals surface area (Å²) in [6.07, 6.45) is 0.630. The maximum atomic E-state index is 10.9. The Hall–Kier alpha value is -3.58. The van der Waals surface area contributed by atoms with E-state index in [2.05, 4.69) is 42.5 Å². The molecule has 0 aliphatic rings. The summed E-state index contributed by atoms with van der Waals surface area (Å²) in [7, 11) is 0. The molecule has 5 aromatic rings. The molecule has 0 saturated heterocycles. The van der Waals surface area contributed by atoms with Crippen LogP contribution >= 0.6 is 0 Å². The van der Waals surface area contributed by atoms with Crippen LogP contribution in [0.15, 0.2) is 103 Å². The Morgan fingerprint density at radius 2 is 1.56 bits per heavy atom. The van der Waals surface area contributed by atoms with E-state index in [1.807, 2.05) is 86.1 Å². The standard InChI is InChI=1S/C36H36N2O4.Ca.2H/c1-25(2)42-35-21-27(24-41-32-18-16-28(26(3)20-32)17-19-36(39)40)14-15-31(35)23-38-34(30-12-8-5-9-13-30)22-33(37-38)29-10-6-4-7-11-29;;;/h4-16,18,20-22,25H,17,19,23-24H2,1-3H3,(H,39,40);;;/q;+2;2*-1. The number of rotatable bonds is 12. The number of hydrogen-bond acceptors (Lipinski definition) is 4. The molecule has 5 rings (SSSR count). The molecule has 4 aromatic carbocycles. The third-order valence-electron chi connectivity index (χ3n) is 7.06. The number of ether oxygens (including phenoxy) is 2. The predicted molar refractivity (Wildman–Crippen MR) is 174 cm³/mol. The van der Waals surface area contributed by atoms with Crippen LogP contribution in [0.4, 0.5) is 0 Å². The number of nitrogens with zero attached hydrogens (tertiary/aromatic N) is 2. The first kappa shape index (κ1) is 32.3. The number of hydrogen-bond donors (Lipinski definition) is 1. The monoisotopic (exact) mass is 602 g/mol. The summed E-state index contributed by atoms with van der Waals surface area (Å²) in [6, 6.07) is 34.7. The van der Waals surface area contributed by atoms with Crippen LogP contribution < -0.4 is 9.47 Å². The first-order valence-corrected chi connectivity index (χ1v) is 14.3. The Morgan fingerprint density at radius 3 is 2.21 bits per heavy atom. The first-order chi connectivity index (χ1) is 20.4. The van der Waals surface area contributed by atoms with Crippen molar-refractivity contribution < 1.29 is 22.2 Å². The molecule has 0 saturated carbocycles. The molecule has 1 aromatic heterocycles. The van der Waals surface area contributed by atoms with Gasteiger partial charge in [-0.25, -0.2) is 0 Å². The third-order valence-corrected chi connectivity index (χ3v) is 7.06. The van der Waals surface area contributed by atoms with E-state index in [1.165, 1.54) is 0 Å². The van der Waals surface area contributed by atoms with Crippen molar-refractivity contribution in [3.05, 3.63) is 125 Å². The largest absolute Gasteiger partial charge is 2.00 e. The molecule has 7 heteroatoms. The fourth-order valence-corrected chi connectivity index (χ4v) is 4.92. The van der Waals surface area contributed by atoms with Crippen LogP contribution in [0.5, 0.6) is 11.5 Å². The van der Waals surface area contributed by atoms with Crippen LogP contribution in [0.25, 0.3) is 22.5 Å². The Bertz CT molecular complexity index is 1660. The Balaban J connectivity index is 0.00000235. The molecular formula is C36H38CaN2O4. The normalized spacial score (nSPS) is 10.8. The summed E-state index contributed by atoms with van der Waals surface area (Å²) in [4.78, 5) is 10.9. The van der Waals surface area contributed by atoms with Crippen molar-refractivity contribution in [2.24, 2.45) is 0 Å². The SMILES string of the molecule is Cc1cc(OCc2ccc(Cn3nc(-c4ccccc4)cc3-c3ccccc3)c(OC(C)C)c2)ccc1CCC(=O)O.[Ca+2].[H-].[H-]. The fraction of sp³-hybridized carbons (Fsp3) is 0.222. The van der Waals surface area contributed by atoms with Gasteiger partial charge in [-0.15, -0.1) is 0 Å². The van der Waals surface area contributed by atoms with Gasteiger partial charge in [0.1, 0.15) is 18.1 Å². The van der Waals surface area contributed by atoms with E-state index in [0.717, 1.165) is 56.3 Å². The summed E-state index contributed by atoms with van der Waals surface area (Å²) >= 11 is 0. The number of aliphatic carboxylic acids is 1. The van der Waals surface area contributed by atoms with E-state index in [1.54, 1.807) is 0 Å². The Labute approximate surface area is 286 Å². The number of benzene rings is 4. The van der Waals surface area contributed by atoms with Crippen LogP contribution in [-0.2, 0) is 24.4 Å². The van der Waals surface area contributed by atoms with Gasteiger partial charge in [-0.05, 0) is 73.7 Å². The quantitative estimate of drug-likeness (QED) is 0.148. The first-order valence-electron chi connectivity index (χ1n) is 14.3. The molecule has 6 nitrogen and oxygen atoms in total. The minimum atomic E-state index is -0.793. The summed E-state index contributed by atoms with van der Waals surface area (Å²) in [6.45, 7) is 6.97. The molecule has 218 valence electrons. The topological polar surface area (TPSA) is 73.6 Å². The van der Waals surface area contributed by atoms with Crippen molar-refractivity contribution in [3.63, 3.8) is 0 Å². The van der Waals surface area contributed by atoms with Crippen LogP contribution in [0.1, 0.15) is 45.4 Å². The summed E-state index contributed by atoms with van der Waals surface area (Å²) < 4.78 is 14.4. The molecule has 1 heterocycles. The van der Waals surface area contributed by atoms with Gasteiger partial charge in [0.25, 0.3) is 0 Å². The van der Waals surface area contributed by atoms with Crippen molar-refractivity contribution in [1.82, 2.24) is 9.78 Å². The van der Waals surface area contributed by atoms with Gasteiger partial charge in [0, 0.05) is 17.5 Å². The molecule has 0 bridgehead atoms. The van der Waals surface area contributed by atoms with Crippen molar-refractivity contribution >= 4 is 43.7 Å². The third kappa shape index (κ3) is 8.73. The molecule has 0 unspecified atom stereocenters. The molecule has 1 N–H and O–H groups in total. The van der Waals surface area contributed by atoms with Gasteiger partial charge in [0.05, 0.1) is 24.0 Å². The number of carbonyl (C=O) groups is 1. The van der Waals surface area contributed by atoms with E-state index in [4.69, 9.17) is 19.7 Å². The second kappa shape index (κ2) is 15.2. The zero-order chi connectivity index (χ0) is 29.5. The number of carboxylic acid groups (broad SMARTS) is 1. The van der Waals surface area contributed by atoms with Gasteiger partial charge >= 0.3 is 43.7 Å². The number of aromatic nitrogens is 2. The molecule has 0 amide bonds. The van der Waals surface area contributed by atoms with Gasteiger partial charge in [0.2, 0.25) is 0 Å². The van der Waals surface area contributed by atoms with Crippen molar-refractivity contribution in [2.75, 3.05) is 0 Å². The molecular weight excluding hydrogens is 564 g/mol. The maximum absolute atomic E-state index is 10.9. The van der Waals surface area contributed by atoms with E-state index in [0.29, 0.717) is 19.6 Å².